The van der Waals surface area contributed by atoms with Crippen LogP contribution in [-0.2, 0) is 4.79 Å². The van der Waals surface area contributed by atoms with Crippen molar-refractivity contribution in [2.45, 2.75) is 52.5 Å². The van der Waals surface area contributed by atoms with Crippen LogP contribution in [0.25, 0.3) is 6.08 Å². The third-order valence-corrected chi connectivity index (χ3v) is 4.97. The van der Waals surface area contributed by atoms with Crippen molar-refractivity contribution in [2.75, 3.05) is 0 Å². The normalized spacial score (nSPS) is 21.5. The van der Waals surface area contributed by atoms with Crippen molar-refractivity contribution in [1.82, 2.24) is 10.6 Å². The first-order valence-corrected chi connectivity index (χ1v) is 9.10. The van der Waals surface area contributed by atoms with Gasteiger partial charge in [0.2, 0.25) is 5.91 Å². The molecule has 1 saturated carbocycles. The summed E-state index contributed by atoms with van der Waals surface area (Å²) < 4.78 is 0. The Balaban J connectivity index is 1.74. The average Bonchev–Trinajstić information content (AvgIpc) is 2.53. The lowest BCUT2D eigenvalue weighted by molar-refractivity contribution is -0.115. The first kappa shape index (κ1) is 18.7. The smallest absolute Gasteiger partial charge is 0.250 e. The molecule has 0 heterocycles. The summed E-state index contributed by atoms with van der Waals surface area (Å²) in [6, 6.07) is 10.1. The van der Waals surface area contributed by atoms with Crippen LogP contribution in [0, 0.1) is 11.3 Å². The van der Waals surface area contributed by atoms with Crippen molar-refractivity contribution < 1.29 is 4.79 Å². The highest BCUT2D eigenvalue weighted by Gasteiger charge is 2.29. The Kier molecular flexibility index (Phi) is 6.55. The summed E-state index contributed by atoms with van der Waals surface area (Å²) in [5, 5.41) is 6.45. The lowest BCUT2D eigenvalue weighted by Gasteiger charge is -2.37. The Labute approximate surface area is 150 Å². The molecular formula is C20H28N2OS. The fourth-order valence-corrected chi connectivity index (χ4v) is 3.48. The number of nitrogens with one attached hydrogen (secondary N) is 2. The summed E-state index contributed by atoms with van der Waals surface area (Å²) >= 11 is 5.27. The van der Waals surface area contributed by atoms with Gasteiger partial charge in [-0.1, -0.05) is 51.1 Å². The van der Waals surface area contributed by atoms with Crippen LogP contribution in [0.5, 0.6) is 0 Å². The van der Waals surface area contributed by atoms with Crippen molar-refractivity contribution >= 4 is 29.3 Å². The standard InChI is InChI=1S/C20H28N2OS/c1-20(2,3)16-10-12-17(13-11-16)21-19(24)22-18(23)14-9-15-7-5-4-6-8-15/h4-9,14,16-17H,10-13H2,1-3H3,(H2,21,22,23,24)/b14-9+. The number of carbonyl (C=O) groups excluding carboxylic acids is 1. The van der Waals surface area contributed by atoms with Gasteiger partial charge in [-0.25, -0.2) is 0 Å². The monoisotopic (exact) mass is 344 g/mol. The zero-order valence-electron chi connectivity index (χ0n) is 14.8. The summed E-state index contributed by atoms with van der Waals surface area (Å²) in [5.41, 5.74) is 1.37. The summed E-state index contributed by atoms with van der Waals surface area (Å²) in [4.78, 5) is 11.9. The number of hydrogen-bond donors (Lipinski definition) is 2. The highest BCUT2D eigenvalue weighted by Crippen LogP contribution is 2.37. The fraction of sp³-hybridized carbons (Fsp3) is 0.500. The molecule has 0 saturated heterocycles. The zero-order chi connectivity index (χ0) is 17.6. The van der Waals surface area contributed by atoms with Crippen molar-refractivity contribution in [3.63, 3.8) is 0 Å². The van der Waals surface area contributed by atoms with Gasteiger partial charge >= 0.3 is 0 Å². The Morgan fingerprint density at radius 1 is 1.12 bits per heavy atom. The van der Waals surface area contributed by atoms with Gasteiger partial charge in [0.05, 0.1) is 0 Å². The van der Waals surface area contributed by atoms with Crippen LogP contribution in [0.3, 0.4) is 0 Å². The zero-order valence-corrected chi connectivity index (χ0v) is 15.7. The number of thiocarbonyl (C=S) groups is 1. The van der Waals surface area contributed by atoms with Crippen LogP contribution in [0.15, 0.2) is 36.4 Å². The SMILES string of the molecule is CC(C)(C)C1CCC(NC(=S)NC(=O)/C=C/c2ccccc2)CC1. The quantitative estimate of drug-likeness (QED) is 0.635. The summed E-state index contributed by atoms with van der Waals surface area (Å²) in [6.07, 6.45) is 7.94. The molecule has 0 bridgehead atoms. The van der Waals surface area contributed by atoms with Crippen LogP contribution < -0.4 is 10.6 Å². The van der Waals surface area contributed by atoms with Crippen LogP contribution in [0.4, 0.5) is 0 Å². The Morgan fingerprint density at radius 2 is 1.75 bits per heavy atom. The molecule has 0 aromatic heterocycles. The second kappa shape index (κ2) is 8.43. The third kappa shape index (κ3) is 6.08. The van der Waals surface area contributed by atoms with Gasteiger partial charge in [-0.3, -0.25) is 10.1 Å². The predicted molar refractivity (Wildman–Crippen MR) is 105 cm³/mol. The molecule has 1 aromatic rings. The Hall–Kier alpha value is -1.68. The molecule has 1 amide bonds. The largest absolute Gasteiger partial charge is 0.360 e. The maximum absolute atomic E-state index is 11.9. The number of rotatable bonds is 3. The average molecular weight is 345 g/mol. The number of benzene rings is 1. The fourth-order valence-electron chi connectivity index (χ4n) is 3.21. The molecule has 130 valence electrons. The van der Waals surface area contributed by atoms with E-state index < -0.39 is 0 Å². The van der Waals surface area contributed by atoms with Gasteiger partial charge in [0.25, 0.3) is 0 Å². The van der Waals surface area contributed by atoms with Crippen LogP contribution in [0.2, 0.25) is 0 Å². The van der Waals surface area contributed by atoms with Gasteiger partial charge in [0.15, 0.2) is 5.11 Å². The van der Waals surface area contributed by atoms with E-state index in [4.69, 9.17) is 12.2 Å². The van der Waals surface area contributed by atoms with Gasteiger partial charge in [0, 0.05) is 12.1 Å². The van der Waals surface area contributed by atoms with E-state index >= 15 is 0 Å². The summed E-state index contributed by atoms with van der Waals surface area (Å²) in [6.45, 7) is 6.94. The molecule has 1 aromatic carbocycles. The Morgan fingerprint density at radius 3 is 2.33 bits per heavy atom. The van der Waals surface area contributed by atoms with Crippen molar-refractivity contribution in [3.8, 4) is 0 Å². The van der Waals surface area contributed by atoms with Gasteiger partial charge in [-0.2, -0.15) is 0 Å². The van der Waals surface area contributed by atoms with Crippen LogP contribution >= 0.6 is 12.2 Å². The van der Waals surface area contributed by atoms with Gasteiger partial charge in [0.1, 0.15) is 0 Å². The molecule has 2 N–H and O–H groups in total. The minimum atomic E-state index is -0.195. The van der Waals surface area contributed by atoms with E-state index in [1.165, 1.54) is 18.9 Å². The molecule has 24 heavy (non-hydrogen) atoms. The van der Waals surface area contributed by atoms with Crippen LogP contribution in [0.1, 0.15) is 52.0 Å². The highest BCUT2D eigenvalue weighted by molar-refractivity contribution is 7.80. The lowest BCUT2D eigenvalue weighted by Crippen LogP contribution is -2.45. The van der Waals surface area contributed by atoms with E-state index in [1.54, 1.807) is 6.08 Å². The van der Waals surface area contributed by atoms with E-state index in [2.05, 4.69) is 31.4 Å². The van der Waals surface area contributed by atoms with Crippen molar-refractivity contribution in [1.29, 1.82) is 0 Å². The molecule has 0 unspecified atom stereocenters. The molecular weight excluding hydrogens is 316 g/mol. The molecule has 1 aliphatic rings. The van der Waals surface area contributed by atoms with E-state index in [9.17, 15) is 4.79 Å². The first-order chi connectivity index (χ1) is 11.3. The van der Waals surface area contributed by atoms with E-state index in [0.717, 1.165) is 24.3 Å². The van der Waals surface area contributed by atoms with Gasteiger partial charge in [-0.05, 0) is 60.9 Å². The maximum atomic E-state index is 11.9. The van der Waals surface area contributed by atoms with E-state index in [0.29, 0.717) is 16.6 Å². The van der Waals surface area contributed by atoms with E-state index in [-0.39, 0.29) is 5.91 Å². The highest BCUT2D eigenvalue weighted by atomic mass is 32.1. The van der Waals surface area contributed by atoms with E-state index in [1.807, 2.05) is 30.3 Å². The second-order valence-corrected chi connectivity index (χ2v) is 8.03. The molecule has 2 rings (SSSR count). The second-order valence-electron chi connectivity index (χ2n) is 7.62. The molecule has 3 nitrogen and oxygen atoms in total. The topological polar surface area (TPSA) is 41.1 Å². The van der Waals surface area contributed by atoms with Gasteiger partial charge < -0.3 is 5.32 Å². The summed E-state index contributed by atoms with van der Waals surface area (Å²) in [5.74, 6) is 0.576. The number of carbonyl (C=O) groups is 1. The molecule has 0 atom stereocenters. The number of amides is 1. The predicted octanol–water partition coefficient (Wildman–Crippen LogP) is 4.30. The number of hydrogen-bond acceptors (Lipinski definition) is 2. The maximum Gasteiger partial charge on any atom is 0.250 e. The summed E-state index contributed by atoms with van der Waals surface area (Å²) in [7, 11) is 0. The minimum absolute atomic E-state index is 0.195. The van der Waals surface area contributed by atoms with Crippen molar-refractivity contribution in [3.05, 3.63) is 42.0 Å². The van der Waals surface area contributed by atoms with Crippen molar-refractivity contribution in [2.24, 2.45) is 11.3 Å². The molecule has 0 spiro atoms. The third-order valence-electron chi connectivity index (χ3n) is 4.75. The lowest BCUT2D eigenvalue weighted by atomic mass is 9.71. The van der Waals surface area contributed by atoms with Gasteiger partial charge in [-0.15, -0.1) is 0 Å². The first-order valence-electron chi connectivity index (χ1n) is 8.69. The molecule has 0 aliphatic heterocycles. The van der Waals surface area contributed by atoms with Crippen LogP contribution in [-0.4, -0.2) is 17.1 Å². The molecule has 1 aliphatic carbocycles. The molecule has 4 heteroatoms. The minimum Gasteiger partial charge on any atom is -0.360 e. The molecule has 0 radical (unpaired) electrons. The Bertz CT molecular complexity index is 581. The molecule has 1 fully saturated rings.